The summed E-state index contributed by atoms with van der Waals surface area (Å²) in [6.07, 6.45) is 0. The van der Waals surface area contributed by atoms with Gasteiger partial charge in [0, 0.05) is 41.6 Å². The standard InChI is InChI=1S/C24H18BrFN4O3/c25-17-3-7-21-16(13-17)14-19(24(32)33-21)23(31)30-11-9-29(10-12-30)22-8-6-20(27-28-22)15-1-4-18(26)5-2-15/h1-8,13-14H,9-12H2. The summed E-state index contributed by atoms with van der Waals surface area (Å²) in [6.45, 7) is 1.99. The van der Waals surface area contributed by atoms with E-state index in [9.17, 15) is 14.0 Å². The molecule has 0 N–H and O–H groups in total. The molecule has 0 spiro atoms. The molecule has 1 aliphatic heterocycles. The fraction of sp³-hybridized carbons (Fsp3) is 0.167. The number of carbonyl (C=O) groups is 1. The molecule has 1 aliphatic rings. The van der Waals surface area contributed by atoms with E-state index in [1.165, 1.54) is 12.1 Å². The minimum Gasteiger partial charge on any atom is -0.422 e. The number of nitrogens with zero attached hydrogens (tertiary/aromatic N) is 4. The van der Waals surface area contributed by atoms with Crippen LogP contribution in [0.2, 0.25) is 0 Å². The van der Waals surface area contributed by atoms with Crippen LogP contribution in [-0.2, 0) is 0 Å². The topological polar surface area (TPSA) is 79.5 Å². The van der Waals surface area contributed by atoms with Gasteiger partial charge in [-0.15, -0.1) is 10.2 Å². The molecule has 0 radical (unpaired) electrons. The molecule has 4 aromatic rings. The molecule has 9 heteroatoms. The van der Waals surface area contributed by atoms with Crippen molar-refractivity contribution in [3.63, 3.8) is 0 Å². The number of hydrogen-bond donors (Lipinski definition) is 0. The van der Waals surface area contributed by atoms with Gasteiger partial charge in [0.25, 0.3) is 5.91 Å². The van der Waals surface area contributed by atoms with E-state index in [1.54, 1.807) is 41.3 Å². The predicted octanol–water partition coefficient (Wildman–Crippen LogP) is 4.11. The van der Waals surface area contributed by atoms with E-state index in [1.807, 2.05) is 17.0 Å². The van der Waals surface area contributed by atoms with Gasteiger partial charge in [-0.1, -0.05) is 15.9 Å². The zero-order valence-electron chi connectivity index (χ0n) is 17.4. The molecule has 0 bridgehead atoms. The van der Waals surface area contributed by atoms with Crippen molar-refractivity contribution in [1.29, 1.82) is 0 Å². The van der Waals surface area contributed by atoms with Gasteiger partial charge in [0.2, 0.25) is 0 Å². The molecule has 1 saturated heterocycles. The highest BCUT2D eigenvalue weighted by molar-refractivity contribution is 9.10. The molecular formula is C24H18BrFN4O3. The molecule has 0 aliphatic carbocycles. The number of anilines is 1. The third kappa shape index (κ3) is 4.36. The fourth-order valence-corrected chi connectivity index (χ4v) is 4.20. The van der Waals surface area contributed by atoms with E-state index in [0.29, 0.717) is 48.7 Å². The molecule has 1 fully saturated rings. The Morgan fingerprint density at radius 3 is 2.39 bits per heavy atom. The molecule has 3 heterocycles. The number of hydrogen-bond acceptors (Lipinski definition) is 6. The van der Waals surface area contributed by atoms with Crippen LogP contribution in [0.3, 0.4) is 0 Å². The van der Waals surface area contributed by atoms with Crippen molar-refractivity contribution in [2.45, 2.75) is 0 Å². The Bertz CT molecular complexity index is 1380. The molecule has 2 aromatic heterocycles. The van der Waals surface area contributed by atoms with E-state index >= 15 is 0 Å². The highest BCUT2D eigenvalue weighted by Gasteiger charge is 2.25. The van der Waals surface area contributed by atoms with Crippen molar-refractivity contribution in [2.75, 3.05) is 31.1 Å². The van der Waals surface area contributed by atoms with Crippen LogP contribution in [0.25, 0.3) is 22.2 Å². The first-order valence-electron chi connectivity index (χ1n) is 10.4. The number of aromatic nitrogens is 2. The van der Waals surface area contributed by atoms with E-state index in [2.05, 4.69) is 26.1 Å². The lowest BCUT2D eigenvalue weighted by Crippen LogP contribution is -2.49. The van der Waals surface area contributed by atoms with Crippen molar-refractivity contribution in [3.8, 4) is 11.3 Å². The number of amides is 1. The lowest BCUT2D eigenvalue weighted by atomic mass is 10.1. The molecule has 7 nitrogen and oxygen atoms in total. The van der Waals surface area contributed by atoms with Crippen LogP contribution >= 0.6 is 15.9 Å². The van der Waals surface area contributed by atoms with Crippen molar-refractivity contribution in [2.24, 2.45) is 0 Å². The van der Waals surface area contributed by atoms with Crippen LogP contribution in [0.4, 0.5) is 10.2 Å². The molecule has 0 atom stereocenters. The van der Waals surface area contributed by atoms with Gasteiger partial charge in [0.05, 0.1) is 5.69 Å². The summed E-state index contributed by atoms with van der Waals surface area (Å²) < 4.78 is 19.3. The number of halogens is 2. The second kappa shape index (κ2) is 8.74. The summed E-state index contributed by atoms with van der Waals surface area (Å²) in [4.78, 5) is 29.1. The molecule has 0 saturated carbocycles. The van der Waals surface area contributed by atoms with Gasteiger partial charge in [-0.05, 0) is 60.7 Å². The number of rotatable bonds is 3. The van der Waals surface area contributed by atoms with Gasteiger partial charge >= 0.3 is 5.63 Å². The summed E-state index contributed by atoms with van der Waals surface area (Å²) in [7, 11) is 0. The van der Waals surface area contributed by atoms with Crippen LogP contribution in [0.1, 0.15) is 10.4 Å². The minimum absolute atomic E-state index is 0.0255. The summed E-state index contributed by atoms with van der Waals surface area (Å²) in [6, 6.07) is 16.6. The first kappa shape index (κ1) is 21.3. The van der Waals surface area contributed by atoms with Crippen molar-refractivity contribution < 1.29 is 13.6 Å². The molecule has 166 valence electrons. The summed E-state index contributed by atoms with van der Waals surface area (Å²) in [5, 5.41) is 9.23. The van der Waals surface area contributed by atoms with E-state index in [-0.39, 0.29) is 17.3 Å². The lowest BCUT2D eigenvalue weighted by molar-refractivity contribution is 0.0742. The molecule has 5 rings (SSSR count). The molecular weight excluding hydrogens is 491 g/mol. The number of fused-ring (bicyclic) bond motifs is 1. The second-order valence-corrected chi connectivity index (χ2v) is 8.61. The summed E-state index contributed by atoms with van der Waals surface area (Å²) in [5.74, 6) is 0.0520. The third-order valence-electron chi connectivity index (χ3n) is 5.61. The van der Waals surface area contributed by atoms with E-state index in [4.69, 9.17) is 4.42 Å². The Morgan fingerprint density at radius 1 is 0.939 bits per heavy atom. The van der Waals surface area contributed by atoms with Gasteiger partial charge in [0.15, 0.2) is 5.82 Å². The Labute approximate surface area is 196 Å². The third-order valence-corrected chi connectivity index (χ3v) is 6.10. The van der Waals surface area contributed by atoms with Gasteiger partial charge in [-0.2, -0.15) is 0 Å². The Morgan fingerprint density at radius 2 is 1.70 bits per heavy atom. The molecule has 1 amide bonds. The normalized spacial score (nSPS) is 14.0. The Hall–Kier alpha value is -3.59. The monoisotopic (exact) mass is 508 g/mol. The average molecular weight is 509 g/mol. The van der Waals surface area contributed by atoms with E-state index in [0.717, 1.165) is 10.0 Å². The quantitative estimate of drug-likeness (QED) is 0.387. The van der Waals surface area contributed by atoms with Crippen molar-refractivity contribution >= 4 is 38.6 Å². The minimum atomic E-state index is -0.639. The zero-order chi connectivity index (χ0) is 22.9. The van der Waals surface area contributed by atoms with Crippen molar-refractivity contribution in [3.05, 3.63) is 86.9 Å². The Kier molecular flexibility index (Phi) is 5.63. The second-order valence-electron chi connectivity index (χ2n) is 7.69. The van der Waals surface area contributed by atoms with Gasteiger partial charge in [-0.25, -0.2) is 9.18 Å². The highest BCUT2D eigenvalue weighted by Crippen LogP contribution is 2.22. The van der Waals surface area contributed by atoms with Crippen LogP contribution in [0.15, 0.2) is 74.3 Å². The maximum Gasteiger partial charge on any atom is 0.349 e. The average Bonchev–Trinajstić information content (AvgIpc) is 2.84. The van der Waals surface area contributed by atoms with Crippen molar-refractivity contribution in [1.82, 2.24) is 15.1 Å². The molecule has 2 aromatic carbocycles. The smallest absolute Gasteiger partial charge is 0.349 e. The Balaban J connectivity index is 1.27. The van der Waals surface area contributed by atoms with E-state index < -0.39 is 5.63 Å². The summed E-state index contributed by atoms with van der Waals surface area (Å²) >= 11 is 3.39. The predicted molar refractivity (Wildman–Crippen MR) is 126 cm³/mol. The number of piperazine rings is 1. The first-order chi connectivity index (χ1) is 16.0. The molecule has 0 unspecified atom stereocenters. The maximum absolute atomic E-state index is 13.1. The first-order valence-corrected chi connectivity index (χ1v) is 11.1. The van der Waals surface area contributed by atoms with Gasteiger partial charge in [0.1, 0.15) is 17.0 Å². The SMILES string of the molecule is O=C(c1cc2cc(Br)ccc2oc1=O)N1CCN(c2ccc(-c3ccc(F)cc3)nn2)CC1. The summed E-state index contributed by atoms with van der Waals surface area (Å²) in [5.41, 5.74) is 1.26. The fourth-order valence-electron chi connectivity index (χ4n) is 3.82. The zero-order valence-corrected chi connectivity index (χ0v) is 19.0. The number of benzene rings is 2. The van der Waals surface area contributed by atoms with Crippen LogP contribution in [0.5, 0.6) is 0 Å². The maximum atomic E-state index is 13.1. The molecule has 33 heavy (non-hydrogen) atoms. The highest BCUT2D eigenvalue weighted by atomic mass is 79.9. The van der Waals surface area contributed by atoms with Crippen LogP contribution in [-0.4, -0.2) is 47.2 Å². The van der Waals surface area contributed by atoms with Gasteiger partial charge < -0.3 is 14.2 Å². The van der Waals surface area contributed by atoms with Gasteiger partial charge in [-0.3, -0.25) is 4.79 Å². The largest absolute Gasteiger partial charge is 0.422 e. The van der Waals surface area contributed by atoms with Crippen LogP contribution < -0.4 is 10.5 Å². The lowest BCUT2D eigenvalue weighted by Gasteiger charge is -2.35. The van der Waals surface area contributed by atoms with Crippen LogP contribution in [0, 0.1) is 5.82 Å². The number of carbonyl (C=O) groups excluding carboxylic acids is 1.